The summed E-state index contributed by atoms with van der Waals surface area (Å²) in [5.74, 6) is 2.18. The first-order valence-electron chi connectivity index (χ1n) is 8.52. The van der Waals surface area contributed by atoms with Crippen molar-refractivity contribution < 1.29 is 4.74 Å². The SMILES string of the molecule is C[C@@H]1CN(c2ccc(CN[C@@H](C)CSC(C)(C)C)cn2)CCO1. The number of pyridine rings is 1. The standard InChI is InChI=1S/C18H31N3OS/c1-14(13-23-18(3,4)5)19-10-16-6-7-17(20-11-16)21-8-9-22-15(2)12-21/h6-7,11,14-15,19H,8-10,12-13H2,1-5H3/t14-,15+/m0/s1. The molecule has 4 nitrogen and oxygen atoms in total. The van der Waals surface area contributed by atoms with Gasteiger partial charge in [0.25, 0.3) is 0 Å². The summed E-state index contributed by atoms with van der Waals surface area (Å²) in [5.41, 5.74) is 1.24. The fourth-order valence-corrected chi connectivity index (χ4v) is 3.33. The predicted molar refractivity (Wildman–Crippen MR) is 100 cm³/mol. The van der Waals surface area contributed by atoms with Crippen LogP contribution in [0.5, 0.6) is 0 Å². The van der Waals surface area contributed by atoms with E-state index in [1.807, 2.05) is 18.0 Å². The molecule has 1 aliphatic heterocycles. The summed E-state index contributed by atoms with van der Waals surface area (Å²) in [4.78, 5) is 6.92. The maximum Gasteiger partial charge on any atom is 0.128 e. The Hall–Kier alpha value is -0.780. The van der Waals surface area contributed by atoms with E-state index in [9.17, 15) is 0 Å². The summed E-state index contributed by atoms with van der Waals surface area (Å²) >= 11 is 2.00. The molecule has 130 valence electrons. The fourth-order valence-electron chi connectivity index (χ4n) is 2.46. The van der Waals surface area contributed by atoms with Gasteiger partial charge >= 0.3 is 0 Å². The van der Waals surface area contributed by atoms with Crippen LogP contribution in [0.4, 0.5) is 5.82 Å². The Morgan fingerprint density at radius 1 is 1.43 bits per heavy atom. The van der Waals surface area contributed by atoms with E-state index in [-0.39, 0.29) is 6.10 Å². The van der Waals surface area contributed by atoms with Crippen molar-refractivity contribution >= 4 is 17.6 Å². The Labute approximate surface area is 145 Å². The van der Waals surface area contributed by atoms with Crippen LogP contribution < -0.4 is 10.2 Å². The van der Waals surface area contributed by atoms with E-state index in [0.717, 1.165) is 37.8 Å². The third-order valence-electron chi connectivity index (χ3n) is 3.80. The van der Waals surface area contributed by atoms with E-state index < -0.39 is 0 Å². The average molecular weight is 338 g/mol. The van der Waals surface area contributed by atoms with Crippen LogP contribution in [0.15, 0.2) is 18.3 Å². The van der Waals surface area contributed by atoms with Crippen molar-refractivity contribution in [1.82, 2.24) is 10.3 Å². The summed E-state index contributed by atoms with van der Waals surface area (Å²) in [6, 6.07) is 4.81. The monoisotopic (exact) mass is 337 g/mol. The number of aromatic nitrogens is 1. The number of hydrogen-bond acceptors (Lipinski definition) is 5. The van der Waals surface area contributed by atoms with Crippen molar-refractivity contribution in [2.24, 2.45) is 0 Å². The first kappa shape index (κ1) is 18.6. The number of morpholine rings is 1. The molecule has 0 spiro atoms. The van der Waals surface area contributed by atoms with Crippen LogP contribution in [0.1, 0.15) is 40.2 Å². The van der Waals surface area contributed by atoms with Crippen LogP contribution in [0, 0.1) is 0 Å². The third kappa shape index (κ3) is 6.69. The molecule has 1 fully saturated rings. The van der Waals surface area contributed by atoms with E-state index in [2.05, 4.69) is 62.0 Å². The van der Waals surface area contributed by atoms with Gasteiger partial charge in [0.15, 0.2) is 0 Å². The lowest BCUT2D eigenvalue weighted by Gasteiger charge is -2.32. The molecule has 0 aliphatic carbocycles. The van der Waals surface area contributed by atoms with Crippen LogP contribution in [-0.2, 0) is 11.3 Å². The average Bonchev–Trinajstić information content (AvgIpc) is 2.51. The molecule has 0 radical (unpaired) electrons. The molecule has 0 bridgehead atoms. The molecule has 2 atom stereocenters. The second kappa shape index (κ2) is 8.36. The molecule has 0 unspecified atom stereocenters. The van der Waals surface area contributed by atoms with Crippen molar-refractivity contribution in [2.75, 3.05) is 30.3 Å². The Balaban J connectivity index is 1.78. The topological polar surface area (TPSA) is 37.4 Å². The van der Waals surface area contributed by atoms with E-state index in [0.29, 0.717) is 10.8 Å². The second-order valence-corrected chi connectivity index (χ2v) is 9.20. The third-order valence-corrected chi connectivity index (χ3v) is 5.33. The van der Waals surface area contributed by atoms with Crippen molar-refractivity contribution in [1.29, 1.82) is 0 Å². The molecule has 0 aromatic carbocycles. The molecule has 1 saturated heterocycles. The van der Waals surface area contributed by atoms with Crippen LogP contribution in [0.25, 0.3) is 0 Å². The van der Waals surface area contributed by atoms with Crippen molar-refractivity contribution in [2.45, 2.75) is 58.1 Å². The van der Waals surface area contributed by atoms with Gasteiger partial charge in [0.2, 0.25) is 0 Å². The van der Waals surface area contributed by atoms with E-state index in [1.54, 1.807) is 0 Å². The van der Waals surface area contributed by atoms with E-state index >= 15 is 0 Å². The molecule has 5 heteroatoms. The van der Waals surface area contributed by atoms with Crippen molar-refractivity contribution in [3.05, 3.63) is 23.9 Å². The highest BCUT2D eigenvalue weighted by Gasteiger charge is 2.17. The quantitative estimate of drug-likeness (QED) is 0.862. The number of nitrogens with one attached hydrogen (secondary N) is 1. The summed E-state index contributed by atoms with van der Waals surface area (Å²) < 4.78 is 5.91. The normalized spacial score (nSPS) is 20.6. The molecule has 1 aliphatic rings. The summed E-state index contributed by atoms with van der Waals surface area (Å²) in [7, 11) is 0. The smallest absolute Gasteiger partial charge is 0.128 e. The van der Waals surface area contributed by atoms with Gasteiger partial charge in [-0.05, 0) is 25.5 Å². The van der Waals surface area contributed by atoms with Gasteiger partial charge < -0.3 is 15.0 Å². The maximum atomic E-state index is 5.58. The Morgan fingerprint density at radius 2 is 2.22 bits per heavy atom. The van der Waals surface area contributed by atoms with Gasteiger partial charge in [0.1, 0.15) is 5.82 Å². The largest absolute Gasteiger partial charge is 0.375 e. The highest BCUT2D eigenvalue weighted by Crippen LogP contribution is 2.23. The Morgan fingerprint density at radius 3 is 2.83 bits per heavy atom. The van der Waals surface area contributed by atoms with Gasteiger partial charge in [-0.3, -0.25) is 0 Å². The van der Waals surface area contributed by atoms with Crippen LogP contribution in [0.3, 0.4) is 0 Å². The number of anilines is 1. The lowest BCUT2D eigenvalue weighted by molar-refractivity contribution is 0.0529. The molecule has 0 saturated carbocycles. The first-order chi connectivity index (χ1) is 10.8. The van der Waals surface area contributed by atoms with Crippen molar-refractivity contribution in [3.63, 3.8) is 0 Å². The minimum Gasteiger partial charge on any atom is -0.375 e. The lowest BCUT2D eigenvalue weighted by atomic mass is 10.2. The van der Waals surface area contributed by atoms with Crippen LogP contribution in [0.2, 0.25) is 0 Å². The molecule has 23 heavy (non-hydrogen) atoms. The molecule has 1 aromatic rings. The van der Waals surface area contributed by atoms with Gasteiger partial charge in [0, 0.05) is 42.4 Å². The maximum absolute atomic E-state index is 5.58. The first-order valence-corrected chi connectivity index (χ1v) is 9.51. The number of thioether (sulfide) groups is 1. The van der Waals surface area contributed by atoms with Crippen LogP contribution in [-0.4, -0.2) is 47.3 Å². The zero-order chi connectivity index (χ0) is 16.9. The Bertz CT molecular complexity index is 472. The summed E-state index contributed by atoms with van der Waals surface area (Å²) in [5, 5.41) is 3.58. The summed E-state index contributed by atoms with van der Waals surface area (Å²) in [6.07, 6.45) is 2.28. The van der Waals surface area contributed by atoms with Gasteiger partial charge in [-0.15, -0.1) is 0 Å². The number of hydrogen-bond donors (Lipinski definition) is 1. The molecule has 2 heterocycles. The Kier molecular flexibility index (Phi) is 6.74. The highest BCUT2D eigenvalue weighted by molar-refractivity contribution is 8.00. The molecule has 1 N–H and O–H groups in total. The lowest BCUT2D eigenvalue weighted by Crippen LogP contribution is -2.41. The predicted octanol–water partition coefficient (Wildman–Crippen LogP) is 3.32. The van der Waals surface area contributed by atoms with Gasteiger partial charge in [-0.25, -0.2) is 4.98 Å². The minimum absolute atomic E-state index is 0.285. The zero-order valence-corrected chi connectivity index (χ0v) is 15.9. The minimum atomic E-state index is 0.285. The number of rotatable bonds is 6. The molecular weight excluding hydrogens is 306 g/mol. The molecule has 2 rings (SSSR count). The number of nitrogens with zero attached hydrogens (tertiary/aromatic N) is 2. The highest BCUT2D eigenvalue weighted by atomic mass is 32.2. The van der Waals surface area contributed by atoms with E-state index in [4.69, 9.17) is 4.74 Å². The van der Waals surface area contributed by atoms with Crippen molar-refractivity contribution in [3.8, 4) is 0 Å². The fraction of sp³-hybridized carbons (Fsp3) is 0.722. The van der Waals surface area contributed by atoms with Gasteiger partial charge in [-0.1, -0.05) is 26.8 Å². The van der Waals surface area contributed by atoms with Crippen LogP contribution >= 0.6 is 11.8 Å². The molecule has 0 amide bonds. The summed E-state index contributed by atoms with van der Waals surface area (Å²) in [6.45, 7) is 14.7. The second-order valence-electron chi connectivity index (χ2n) is 7.36. The van der Waals surface area contributed by atoms with Gasteiger partial charge in [-0.2, -0.15) is 11.8 Å². The number of ether oxygens (including phenoxy) is 1. The van der Waals surface area contributed by atoms with E-state index in [1.165, 1.54) is 5.56 Å². The zero-order valence-electron chi connectivity index (χ0n) is 15.1. The van der Waals surface area contributed by atoms with Gasteiger partial charge in [0.05, 0.1) is 12.7 Å². The molecule has 1 aromatic heterocycles. The molecular formula is C18H31N3OS.